The molecule has 5 nitrogen and oxygen atoms in total. The van der Waals surface area contributed by atoms with E-state index in [9.17, 15) is 9.18 Å². The monoisotopic (exact) mass is 265 g/mol. The third-order valence-electron chi connectivity index (χ3n) is 2.17. The van der Waals surface area contributed by atoms with E-state index < -0.39 is 5.97 Å². The molecule has 6 heteroatoms. The van der Waals surface area contributed by atoms with Crippen molar-refractivity contribution in [3.8, 4) is 0 Å². The van der Waals surface area contributed by atoms with Gasteiger partial charge < -0.3 is 15.9 Å². The van der Waals surface area contributed by atoms with E-state index in [-0.39, 0.29) is 24.7 Å². The van der Waals surface area contributed by atoms with Crippen LogP contribution in [0.2, 0.25) is 0 Å². The van der Waals surface area contributed by atoms with Gasteiger partial charge in [0, 0.05) is 5.56 Å². The quantitative estimate of drug-likeness (QED) is 0.462. The Morgan fingerprint density at radius 2 is 2.26 bits per heavy atom. The molecule has 1 aromatic rings. The Kier molecular flexibility index (Phi) is 6.08. The van der Waals surface area contributed by atoms with Crippen LogP contribution in [0.1, 0.15) is 12.5 Å². The maximum absolute atomic E-state index is 13.3. The molecule has 0 atom stereocenters. The third kappa shape index (κ3) is 4.79. The van der Waals surface area contributed by atoms with Gasteiger partial charge in [0.2, 0.25) is 0 Å². The summed E-state index contributed by atoms with van der Waals surface area (Å²) in [5.74, 6) is -0.928. The maximum Gasteiger partial charge on any atom is 0.358 e. The molecule has 0 saturated carbocycles. The maximum atomic E-state index is 13.3. The highest BCUT2D eigenvalue weighted by molar-refractivity contribution is 6.41. The van der Waals surface area contributed by atoms with Crippen molar-refractivity contribution in [2.75, 3.05) is 6.61 Å². The van der Waals surface area contributed by atoms with Crippen LogP contribution in [-0.4, -0.2) is 18.3 Å². The molecular weight excluding hydrogens is 249 g/mol. The van der Waals surface area contributed by atoms with Crippen LogP contribution >= 0.6 is 0 Å². The fourth-order valence-corrected chi connectivity index (χ4v) is 1.30. The number of nitrogens with zero attached hydrogens (tertiary/aromatic N) is 1. The average molecular weight is 265 g/mol. The number of halogens is 1. The lowest BCUT2D eigenvalue weighted by atomic mass is 10.2. The Balaban J connectivity index is 2.66. The Morgan fingerprint density at radius 1 is 1.53 bits per heavy atom. The minimum atomic E-state index is -0.592. The predicted octanol–water partition coefficient (Wildman–Crippen LogP) is 1.31. The molecule has 3 N–H and O–H groups in total. The van der Waals surface area contributed by atoms with Crippen molar-refractivity contribution in [2.24, 2.45) is 10.8 Å². The first-order chi connectivity index (χ1) is 9.19. The van der Waals surface area contributed by atoms with Crippen LogP contribution in [0.4, 0.5) is 4.39 Å². The summed E-state index contributed by atoms with van der Waals surface area (Å²) >= 11 is 0. The van der Waals surface area contributed by atoms with Crippen molar-refractivity contribution in [3.63, 3.8) is 0 Å². The summed E-state index contributed by atoms with van der Waals surface area (Å²) in [5, 5.41) is 3.83. The minimum absolute atomic E-state index is 0.0284. The summed E-state index contributed by atoms with van der Waals surface area (Å²) < 4.78 is 18.1. The van der Waals surface area contributed by atoms with Gasteiger partial charge in [-0.3, -0.25) is 0 Å². The van der Waals surface area contributed by atoms with Gasteiger partial charge in [-0.05, 0) is 25.3 Å². The Labute approximate surface area is 110 Å². The van der Waals surface area contributed by atoms with Crippen LogP contribution in [0.3, 0.4) is 0 Å². The third-order valence-corrected chi connectivity index (χ3v) is 2.17. The molecule has 0 heterocycles. The molecule has 0 unspecified atom stereocenters. The number of hydrazone groups is 1. The standard InChI is InChI=1S/C13H16FN3O2/c1-2-19-13(18)12(7-8-15)17-16-9-10-5-3-4-6-11(10)14/h3-8,16H,2,9,15H2,1H3/b8-7+,17-12+. The summed E-state index contributed by atoms with van der Waals surface area (Å²) in [6, 6.07) is 6.30. The molecule has 19 heavy (non-hydrogen) atoms. The summed E-state index contributed by atoms with van der Waals surface area (Å²) in [5.41, 5.74) is 8.30. The lowest BCUT2D eigenvalue weighted by molar-refractivity contribution is -0.134. The summed E-state index contributed by atoms with van der Waals surface area (Å²) in [4.78, 5) is 11.5. The molecule has 0 amide bonds. The molecule has 0 fully saturated rings. The van der Waals surface area contributed by atoms with Crippen molar-refractivity contribution in [2.45, 2.75) is 13.5 Å². The van der Waals surface area contributed by atoms with E-state index >= 15 is 0 Å². The molecule has 0 radical (unpaired) electrons. The van der Waals surface area contributed by atoms with E-state index in [0.717, 1.165) is 0 Å². The van der Waals surface area contributed by atoms with Crippen LogP contribution < -0.4 is 11.2 Å². The molecule has 102 valence electrons. The predicted molar refractivity (Wildman–Crippen MR) is 70.6 cm³/mol. The zero-order valence-electron chi connectivity index (χ0n) is 10.6. The molecule has 0 aliphatic carbocycles. The lowest BCUT2D eigenvalue weighted by Crippen LogP contribution is -2.20. The number of benzene rings is 1. The second-order valence-electron chi connectivity index (χ2n) is 3.50. The van der Waals surface area contributed by atoms with E-state index in [0.29, 0.717) is 5.56 Å². The number of nitrogens with two attached hydrogens (primary N) is 1. The van der Waals surface area contributed by atoms with Gasteiger partial charge in [-0.25, -0.2) is 9.18 Å². The van der Waals surface area contributed by atoms with Crippen molar-refractivity contribution >= 4 is 11.7 Å². The first-order valence-corrected chi connectivity index (χ1v) is 5.78. The van der Waals surface area contributed by atoms with E-state index in [1.807, 2.05) is 0 Å². The number of carbonyl (C=O) groups excluding carboxylic acids is 1. The molecular formula is C13H16FN3O2. The van der Waals surface area contributed by atoms with Crippen molar-refractivity contribution < 1.29 is 13.9 Å². The van der Waals surface area contributed by atoms with Crippen LogP contribution in [0, 0.1) is 5.82 Å². The molecule has 0 aliphatic rings. The molecule has 0 aliphatic heterocycles. The number of ether oxygens (including phenoxy) is 1. The SMILES string of the molecule is CCOC(=O)C(/C=C/N)=N/NCc1ccccc1F. The summed E-state index contributed by atoms with van der Waals surface area (Å²) in [7, 11) is 0. The van der Waals surface area contributed by atoms with Gasteiger partial charge >= 0.3 is 5.97 Å². The second kappa shape index (κ2) is 7.86. The molecule has 0 saturated heterocycles. The number of nitrogens with one attached hydrogen (secondary N) is 1. The summed E-state index contributed by atoms with van der Waals surface area (Å²) in [6.07, 6.45) is 2.49. The zero-order chi connectivity index (χ0) is 14.1. The van der Waals surface area contributed by atoms with Crippen LogP contribution in [0.15, 0.2) is 41.6 Å². The van der Waals surface area contributed by atoms with E-state index in [4.69, 9.17) is 10.5 Å². The molecule has 1 aromatic carbocycles. The van der Waals surface area contributed by atoms with E-state index in [1.54, 1.807) is 25.1 Å². The van der Waals surface area contributed by atoms with Crippen LogP contribution in [0.5, 0.6) is 0 Å². The van der Waals surface area contributed by atoms with E-state index in [2.05, 4.69) is 10.5 Å². The average Bonchev–Trinajstić information content (AvgIpc) is 2.40. The smallest absolute Gasteiger partial charge is 0.358 e. The molecule has 1 rings (SSSR count). The number of rotatable bonds is 6. The molecule has 0 aromatic heterocycles. The first kappa shape index (κ1) is 14.7. The van der Waals surface area contributed by atoms with E-state index in [1.165, 1.54) is 18.3 Å². The van der Waals surface area contributed by atoms with Gasteiger partial charge in [0.1, 0.15) is 5.82 Å². The van der Waals surface area contributed by atoms with Gasteiger partial charge in [0.05, 0.1) is 13.2 Å². The number of esters is 1. The zero-order valence-corrected chi connectivity index (χ0v) is 10.6. The Hall–Kier alpha value is -2.37. The lowest BCUT2D eigenvalue weighted by Gasteiger charge is -2.04. The minimum Gasteiger partial charge on any atom is -0.461 e. The Morgan fingerprint density at radius 3 is 2.89 bits per heavy atom. The Bertz CT molecular complexity index is 487. The largest absolute Gasteiger partial charge is 0.461 e. The first-order valence-electron chi connectivity index (χ1n) is 5.78. The highest BCUT2D eigenvalue weighted by Gasteiger charge is 2.09. The highest BCUT2D eigenvalue weighted by Crippen LogP contribution is 2.05. The van der Waals surface area contributed by atoms with Gasteiger partial charge in [-0.15, -0.1) is 0 Å². The van der Waals surface area contributed by atoms with Gasteiger partial charge in [0.15, 0.2) is 5.71 Å². The molecule has 0 spiro atoms. The normalized spacial score (nSPS) is 11.6. The van der Waals surface area contributed by atoms with Crippen molar-refractivity contribution in [1.82, 2.24) is 5.43 Å². The topological polar surface area (TPSA) is 76.7 Å². The number of carbonyl (C=O) groups is 1. The van der Waals surface area contributed by atoms with Gasteiger partial charge in [-0.2, -0.15) is 5.10 Å². The number of hydrogen-bond donors (Lipinski definition) is 2. The fraction of sp³-hybridized carbons (Fsp3) is 0.231. The second-order valence-corrected chi connectivity index (χ2v) is 3.50. The fourth-order valence-electron chi connectivity index (χ4n) is 1.30. The van der Waals surface area contributed by atoms with Crippen LogP contribution in [0.25, 0.3) is 0 Å². The summed E-state index contributed by atoms with van der Waals surface area (Å²) in [6.45, 7) is 2.09. The van der Waals surface area contributed by atoms with Crippen molar-refractivity contribution in [1.29, 1.82) is 0 Å². The highest BCUT2D eigenvalue weighted by atomic mass is 19.1. The van der Waals surface area contributed by atoms with Crippen LogP contribution in [-0.2, 0) is 16.1 Å². The van der Waals surface area contributed by atoms with Crippen molar-refractivity contribution in [3.05, 3.63) is 47.9 Å². The molecule has 0 bridgehead atoms. The number of hydrogen-bond acceptors (Lipinski definition) is 5. The van der Waals surface area contributed by atoms with Gasteiger partial charge in [-0.1, -0.05) is 18.2 Å². The van der Waals surface area contributed by atoms with Gasteiger partial charge in [0.25, 0.3) is 0 Å².